The number of hydrogen-bond donors (Lipinski definition) is 2. The first-order chi connectivity index (χ1) is 10.9. The van der Waals surface area contributed by atoms with Crippen LogP contribution in [0.3, 0.4) is 0 Å². The molecule has 1 aromatic carbocycles. The van der Waals surface area contributed by atoms with Crippen molar-refractivity contribution < 1.29 is 19.5 Å². The Morgan fingerprint density at radius 2 is 1.83 bits per heavy atom. The van der Waals surface area contributed by atoms with Gasteiger partial charge in [-0.3, -0.25) is 9.59 Å². The van der Waals surface area contributed by atoms with Gasteiger partial charge in [0.25, 0.3) is 5.91 Å². The lowest BCUT2D eigenvalue weighted by Gasteiger charge is -2.33. The minimum atomic E-state index is -0.987. The van der Waals surface area contributed by atoms with Crippen LogP contribution in [0.15, 0.2) is 18.2 Å². The second-order valence-corrected chi connectivity index (χ2v) is 6.00. The molecule has 1 aliphatic heterocycles. The first-order valence-electron chi connectivity index (χ1n) is 7.77. The third-order valence-electron chi connectivity index (χ3n) is 3.99. The molecule has 124 valence electrons. The monoisotopic (exact) mass is 318 g/mol. The number of likely N-dealkylation sites (tertiary alicyclic amines) is 1. The van der Waals surface area contributed by atoms with Gasteiger partial charge in [-0.25, -0.2) is 4.79 Å². The normalized spacial score (nSPS) is 17.7. The molecule has 0 aliphatic carbocycles. The zero-order valence-electron chi connectivity index (χ0n) is 13.5. The first-order valence-corrected chi connectivity index (χ1v) is 7.77. The van der Waals surface area contributed by atoms with Crippen molar-refractivity contribution in [3.63, 3.8) is 0 Å². The Labute approximate surface area is 135 Å². The standard InChI is InChI=1S/C17H22N2O4/c1-11-7-12(2)9-13(8-11)16(21)18-10-15(20)19-6-4-3-5-14(19)17(22)23/h7-9,14H,3-6,10H2,1-2H3,(H,18,21)(H,22,23)/t14-/m0/s1. The number of nitrogens with zero attached hydrogens (tertiary/aromatic N) is 1. The minimum absolute atomic E-state index is 0.185. The average Bonchev–Trinajstić information content (AvgIpc) is 2.51. The summed E-state index contributed by atoms with van der Waals surface area (Å²) in [7, 11) is 0. The zero-order chi connectivity index (χ0) is 17.0. The van der Waals surface area contributed by atoms with Crippen molar-refractivity contribution in [2.45, 2.75) is 39.2 Å². The summed E-state index contributed by atoms with van der Waals surface area (Å²) in [6.07, 6.45) is 2.06. The molecule has 1 atom stereocenters. The van der Waals surface area contributed by atoms with E-state index >= 15 is 0 Å². The summed E-state index contributed by atoms with van der Waals surface area (Å²) in [5.74, 6) is -1.66. The minimum Gasteiger partial charge on any atom is -0.480 e. The molecular weight excluding hydrogens is 296 g/mol. The molecule has 1 aromatic rings. The van der Waals surface area contributed by atoms with Gasteiger partial charge in [-0.2, -0.15) is 0 Å². The number of piperidine rings is 1. The lowest BCUT2D eigenvalue weighted by molar-refractivity contribution is -0.151. The highest BCUT2D eigenvalue weighted by Crippen LogP contribution is 2.17. The fourth-order valence-electron chi connectivity index (χ4n) is 2.95. The molecule has 6 nitrogen and oxygen atoms in total. The van der Waals surface area contributed by atoms with Gasteiger partial charge in [0.15, 0.2) is 0 Å². The summed E-state index contributed by atoms with van der Waals surface area (Å²) >= 11 is 0. The smallest absolute Gasteiger partial charge is 0.326 e. The SMILES string of the molecule is Cc1cc(C)cc(C(=O)NCC(=O)N2CCCC[C@H]2C(=O)O)c1. The number of aryl methyl sites for hydroxylation is 2. The quantitative estimate of drug-likeness (QED) is 0.881. The summed E-state index contributed by atoms with van der Waals surface area (Å²) in [6.45, 7) is 4.05. The molecule has 1 fully saturated rings. The van der Waals surface area contributed by atoms with Gasteiger partial charge in [0.1, 0.15) is 6.04 Å². The molecule has 0 radical (unpaired) electrons. The topological polar surface area (TPSA) is 86.7 Å². The number of rotatable bonds is 4. The van der Waals surface area contributed by atoms with Crippen molar-refractivity contribution in [3.8, 4) is 0 Å². The second kappa shape index (κ2) is 7.26. The van der Waals surface area contributed by atoms with Crippen molar-refractivity contribution >= 4 is 17.8 Å². The number of hydrogen-bond acceptors (Lipinski definition) is 3. The fourth-order valence-corrected chi connectivity index (χ4v) is 2.95. The van der Waals surface area contributed by atoms with E-state index in [0.29, 0.717) is 18.5 Å². The van der Waals surface area contributed by atoms with Crippen LogP contribution in [0.2, 0.25) is 0 Å². The van der Waals surface area contributed by atoms with Crippen LogP contribution in [0, 0.1) is 13.8 Å². The van der Waals surface area contributed by atoms with Crippen LogP contribution in [0.1, 0.15) is 40.7 Å². The highest BCUT2D eigenvalue weighted by molar-refractivity contribution is 5.97. The molecule has 0 saturated carbocycles. The van der Waals surface area contributed by atoms with Crippen LogP contribution in [0.5, 0.6) is 0 Å². The molecule has 0 bridgehead atoms. The Morgan fingerprint density at radius 3 is 2.43 bits per heavy atom. The van der Waals surface area contributed by atoms with E-state index in [2.05, 4.69) is 5.32 Å². The van der Waals surface area contributed by atoms with E-state index in [9.17, 15) is 19.5 Å². The van der Waals surface area contributed by atoms with E-state index in [1.165, 1.54) is 4.90 Å². The van der Waals surface area contributed by atoms with Gasteiger partial charge in [0.2, 0.25) is 5.91 Å². The lowest BCUT2D eigenvalue weighted by atomic mass is 10.0. The number of amides is 2. The zero-order valence-corrected chi connectivity index (χ0v) is 13.5. The van der Waals surface area contributed by atoms with E-state index in [1.807, 2.05) is 19.9 Å². The Kier molecular flexibility index (Phi) is 5.36. The van der Waals surface area contributed by atoms with Crippen LogP contribution in [-0.2, 0) is 9.59 Å². The van der Waals surface area contributed by atoms with Gasteiger partial charge in [-0.05, 0) is 45.2 Å². The summed E-state index contributed by atoms with van der Waals surface area (Å²) < 4.78 is 0. The van der Waals surface area contributed by atoms with Gasteiger partial charge in [-0.15, -0.1) is 0 Å². The van der Waals surface area contributed by atoms with E-state index in [-0.39, 0.29) is 18.4 Å². The molecule has 2 N–H and O–H groups in total. The number of benzene rings is 1. The number of aliphatic carboxylic acids is 1. The predicted octanol–water partition coefficient (Wildman–Crippen LogP) is 1.50. The third-order valence-corrected chi connectivity index (χ3v) is 3.99. The van der Waals surface area contributed by atoms with E-state index in [0.717, 1.165) is 24.0 Å². The highest BCUT2D eigenvalue weighted by atomic mass is 16.4. The molecule has 6 heteroatoms. The molecule has 2 rings (SSSR count). The number of carboxylic acid groups (broad SMARTS) is 1. The van der Waals surface area contributed by atoms with Crippen molar-refractivity contribution in [2.75, 3.05) is 13.1 Å². The maximum absolute atomic E-state index is 12.2. The van der Waals surface area contributed by atoms with Gasteiger partial charge < -0.3 is 15.3 Å². The van der Waals surface area contributed by atoms with E-state index < -0.39 is 12.0 Å². The number of nitrogens with one attached hydrogen (secondary N) is 1. The van der Waals surface area contributed by atoms with Crippen LogP contribution in [0.25, 0.3) is 0 Å². The van der Waals surface area contributed by atoms with Gasteiger partial charge in [0.05, 0.1) is 6.54 Å². The van der Waals surface area contributed by atoms with Crippen LogP contribution < -0.4 is 5.32 Å². The van der Waals surface area contributed by atoms with Gasteiger partial charge in [0, 0.05) is 12.1 Å². The molecule has 1 aliphatic rings. The molecule has 0 aromatic heterocycles. The van der Waals surface area contributed by atoms with Gasteiger partial charge >= 0.3 is 5.97 Å². The Bertz CT molecular complexity index is 607. The third kappa shape index (κ3) is 4.31. The van der Waals surface area contributed by atoms with Crippen molar-refractivity contribution in [2.24, 2.45) is 0 Å². The Morgan fingerprint density at radius 1 is 1.17 bits per heavy atom. The Balaban J connectivity index is 1.97. The largest absolute Gasteiger partial charge is 0.480 e. The molecular formula is C17H22N2O4. The van der Waals surface area contributed by atoms with Gasteiger partial charge in [-0.1, -0.05) is 17.2 Å². The average molecular weight is 318 g/mol. The number of carbonyl (C=O) groups excluding carboxylic acids is 2. The summed E-state index contributed by atoms with van der Waals surface area (Å²) in [4.78, 5) is 37.0. The maximum atomic E-state index is 12.2. The van der Waals surface area contributed by atoms with Crippen molar-refractivity contribution in [1.29, 1.82) is 0 Å². The number of carbonyl (C=O) groups is 3. The Hall–Kier alpha value is -2.37. The van der Waals surface area contributed by atoms with Crippen LogP contribution in [0.4, 0.5) is 0 Å². The molecule has 23 heavy (non-hydrogen) atoms. The second-order valence-electron chi connectivity index (χ2n) is 6.00. The van der Waals surface area contributed by atoms with Crippen molar-refractivity contribution in [3.05, 3.63) is 34.9 Å². The molecule has 0 unspecified atom stereocenters. The van der Waals surface area contributed by atoms with Crippen LogP contribution in [-0.4, -0.2) is 46.9 Å². The van der Waals surface area contributed by atoms with E-state index in [4.69, 9.17) is 0 Å². The summed E-state index contributed by atoms with van der Waals surface area (Å²) in [5.41, 5.74) is 2.45. The van der Waals surface area contributed by atoms with Crippen molar-refractivity contribution in [1.82, 2.24) is 10.2 Å². The molecule has 0 spiro atoms. The maximum Gasteiger partial charge on any atom is 0.326 e. The predicted molar refractivity (Wildman–Crippen MR) is 85.2 cm³/mol. The van der Waals surface area contributed by atoms with E-state index in [1.54, 1.807) is 12.1 Å². The lowest BCUT2D eigenvalue weighted by Crippen LogP contribution is -2.51. The van der Waals surface area contributed by atoms with Crippen LogP contribution >= 0.6 is 0 Å². The molecule has 1 saturated heterocycles. The highest BCUT2D eigenvalue weighted by Gasteiger charge is 2.31. The fraction of sp³-hybridized carbons (Fsp3) is 0.471. The number of carboxylic acids is 1. The first kappa shape index (κ1) is 17.0. The molecule has 2 amide bonds. The summed E-state index contributed by atoms with van der Waals surface area (Å²) in [6, 6.07) is 4.70. The molecule has 1 heterocycles. The summed E-state index contributed by atoms with van der Waals surface area (Å²) in [5, 5.41) is 11.8.